The largest absolute Gasteiger partial charge is 0.456 e. The third kappa shape index (κ3) is 3.44. The number of ether oxygens (including phenoxy) is 1. The van der Waals surface area contributed by atoms with Gasteiger partial charge in [-0.1, -0.05) is 72.8 Å². The lowest BCUT2D eigenvalue weighted by Crippen LogP contribution is -1.95. The average molecular weight is 358 g/mol. The smallest absolute Gasteiger partial charge is 0.138 e. The summed E-state index contributed by atoms with van der Waals surface area (Å²) in [5, 5.41) is 0. The van der Waals surface area contributed by atoms with E-state index in [9.17, 15) is 8.78 Å². The van der Waals surface area contributed by atoms with Gasteiger partial charge in [0.15, 0.2) is 0 Å². The van der Waals surface area contributed by atoms with Crippen LogP contribution in [0.15, 0.2) is 97.1 Å². The Labute approximate surface area is 156 Å². The first-order chi connectivity index (χ1) is 13.2. The lowest BCUT2D eigenvalue weighted by Gasteiger charge is -2.16. The highest BCUT2D eigenvalue weighted by atomic mass is 19.1. The molecule has 0 aromatic heterocycles. The number of halogens is 2. The van der Waals surface area contributed by atoms with Crippen LogP contribution in [0.2, 0.25) is 0 Å². The Bertz CT molecular complexity index is 973. The quantitative estimate of drug-likeness (QED) is 0.378. The normalized spacial score (nSPS) is 10.6. The minimum atomic E-state index is -0.392. The van der Waals surface area contributed by atoms with Crippen LogP contribution >= 0.6 is 0 Å². The molecule has 4 aromatic rings. The minimum Gasteiger partial charge on any atom is -0.456 e. The third-order valence-corrected chi connectivity index (χ3v) is 4.30. The van der Waals surface area contributed by atoms with Crippen molar-refractivity contribution in [2.75, 3.05) is 0 Å². The Hall–Kier alpha value is -3.46. The first kappa shape index (κ1) is 17.0. The van der Waals surface area contributed by atoms with E-state index in [-0.39, 0.29) is 0 Å². The second-order valence-electron chi connectivity index (χ2n) is 6.06. The summed E-state index contributed by atoms with van der Waals surface area (Å²) in [4.78, 5) is 0. The van der Waals surface area contributed by atoms with Gasteiger partial charge in [-0.15, -0.1) is 0 Å². The lowest BCUT2D eigenvalue weighted by molar-refractivity contribution is 0.476. The van der Waals surface area contributed by atoms with Crippen LogP contribution in [-0.4, -0.2) is 0 Å². The Morgan fingerprint density at radius 2 is 0.852 bits per heavy atom. The molecule has 0 radical (unpaired) electrons. The maximum Gasteiger partial charge on any atom is 0.138 e. The van der Waals surface area contributed by atoms with Crippen LogP contribution < -0.4 is 4.74 Å². The molecule has 0 aliphatic carbocycles. The highest BCUT2D eigenvalue weighted by Gasteiger charge is 2.17. The molecular formula is C24H16F2O. The molecule has 27 heavy (non-hydrogen) atoms. The maximum atomic E-state index is 14.6. The summed E-state index contributed by atoms with van der Waals surface area (Å²) >= 11 is 0. The summed E-state index contributed by atoms with van der Waals surface area (Å²) in [5.74, 6) is -0.110. The molecule has 0 unspecified atom stereocenters. The van der Waals surface area contributed by atoms with Crippen molar-refractivity contribution in [2.24, 2.45) is 0 Å². The fourth-order valence-electron chi connectivity index (χ4n) is 3.07. The summed E-state index contributed by atoms with van der Waals surface area (Å²) in [7, 11) is 0. The average Bonchev–Trinajstić information content (AvgIpc) is 2.70. The predicted octanol–water partition coefficient (Wildman–Crippen LogP) is 7.09. The summed E-state index contributed by atoms with van der Waals surface area (Å²) in [6, 6.07) is 27.6. The van der Waals surface area contributed by atoms with Gasteiger partial charge in [-0.25, -0.2) is 8.78 Å². The Morgan fingerprint density at radius 3 is 1.26 bits per heavy atom. The maximum absolute atomic E-state index is 14.6. The zero-order valence-corrected chi connectivity index (χ0v) is 14.4. The van der Waals surface area contributed by atoms with Crippen molar-refractivity contribution in [2.45, 2.75) is 0 Å². The Balaban J connectivity index is 1.84. The third-order valence-electron chi connectivity index (χ3n) is 4.30. The second-order valence-corrected chi connectivity index (χ2v) is 6.06. The molecule has 0 aliphatic heterocycles. The van der Waals surface area contributed by atoms with E-state index < -0.39 is 11.6 Å². The van der Waals surface area contributed by atoms with Gasteiger partial charge in [-0.2, -0.15) is 0 Å². The van der Waals surface area contributed by atoms with Gasteiger partial charge >= 0.3 is 0 Å². The molecule has 4 aromatic carbocycles. The monoisotopic (exact) mass is 358 g/mol. The van der Waals surface area contributed by atoms with Crippen molar-refractivity contribution < 1.29 is 13.5 Å². The molecule has 3 heteroatoms. The molecule has 1 nitrogen and oxygen atoms in total. The Kier molecular flexibility index (Phi) is 4.67. The molecule has 0 bridgehead atoms. The second kappa shape index (κ2) is 7.42. The van der Waals surface area contributed by atoms with Crippen molar-refractivity contribution in [3.05, 3.63) is 109 Å². The predicted molar refractivity (Wildman–Crippen MR) is 104 cm³/mol. The van der Waals surface area contributed by atoms with Gasteiger partial charge in [-0.05, 0) is 35.4 Å². The molecule has 0 N–H and O–H groups in total. The first-order valence-electron chi connectivity index (χ1n) is 8.60. The van der Waals surface area contributed by atoms with E-state index in [0.29, 0.717) is 33.8 Å². The van der Waals surface area contributed by atoms with Gasteiger partial charge in [0.05, 0.1) is 11.1 Å². The Morgan fingerprint density at radius 1 is 0.444 bits per heavy atom. The van der Waals surface area contributed by atoms with Crippen LogP contribution in [0.5, 0.6) is 11.5 Å². The summed E-state index contributed by atoms with van der Waals surface area (Å²) in [6.45, 7) is 0. The number of rotatable bonds is 4. The van der Waals surface area contributed by atoms with Gasteiger partial charge in [0, 0.05) is 0 Å². The molecular weight excluding hydrogens is 342 g/mol. The van der Waals surface area contributed by atoms with Crippen LogP contribution in [-0.2, 0) is 0 Å². The van der Waals surface area contributed by atoms with Gasteiger partial charge in [0.1, 0.15) is 23.1 Å². The molecule has 0 amide bonds. The molecule has 4 rings (SSSR count). The van der Waals surface area contributed by atoms with E-state index in [1.165, 1.54) is 12.1 Å². The summed E-state index contributed by atoms with van der Waals surface area (Å²) in [5.41, 5.74) is 2.09. The minimum absolute atomic E-state index is 0.337. The fourth-order valence-corrected chi connectivity index (χ4v) is 3.07. The van der Waals surface area contributed by atoms with Crippen LogP contribution in [0.3, 0.4) is 0 Å². The first-order valence-corrected chi connectivity index (χ1v) is 8.60. The van der Waals surface area contributed by atoms with Crippen LogP contribution in [0.4, 0.5) is 8.78 Å². The van der Waals surface area contributed by atoms with E-state index in [1.807, 2.05) is 60.7 Å². The van der Waals surface area contributed by atoms with Crippen LogP contribution in [0, 0.1) is 11.6 Å². The van der Waals surface area contributed by atoms with E-state index >= 15 is 0 Å². The topological polar surface area (TPSA) is 9.23 Å². The molecule has 0 aliphatic rings. The van der Waals surface area contributed by atoms with Crippen LogP contribution in [0.25, 0.3) is 22.3 Å². The molecule has 0 heterocycles. The number of hydrogen-bond donors (Lipinski definition) is 0. The van der Waals surface area contributed by atoms with Crippen molar-refractivity contribution in [3.8, 4) is 33.8 Å². The lowest BCUT2D eigenvalue weighted by atomic mass is 10.0. The molecule has 132 valence electrons. The molecule has 0 atom stereocenters. The van der Waals surface area contributed by atoms with E-state index in [4.69, 9.17) is 4.74 Å². The fraction of sp³-hybridized carbons (Fsp3) is 0. The molecule has 0 fully saturated rings. The van der Waals surface area contributed by atoms with Crippen molar-refractivity contribution >= 4 is 0 Å². The summed E-state index contributed by atoms with van der Waals surface area (Å²) < 4.78 is 35.2. The van der Waals surface area contributed by atoms with Gasteiger partial charge in [-0.3, -0.25) is 0 Å². The molecule has 0 spiro atoms. The number of benzene rings is 4. The summed E-state index contributed by atoms with van der Waals surface area (Å²) in [6.07, 6.45) is 0. The zero-order valence-electron chi connectivity index (χ0n) is 14.4. The zero-order chi connectivity index (χ0) is 18.6. The van der Waals surface area contributed by atoms with Crippen molar-refractivity contribution in [1.29, 1.82) is 0 Å². The van der Waals surface area contributed by atoms with E-state index in [2.05, 4.69) is 0 Å². The van der Waals surface area contributed by atoms with Crippen LogP contribution in [0.1, 0.15) is 0 Å². The van der Waals surface area contributed by atoms with Gasteiger partial charge in [0.2, 0.25) is 0 Å². The SMILES string of the molecule is Fc1cccc(Oc2cccc(F)c2-c2ccccc2)c1-c1ccccc1. The molecule has 0 saturated carbocycles. The highest BCUT2D eigenvalue weighted by molar-refractivity contribution is 5.75. The van der Waals surface area contributed by atoms with Crippen molar-refractivity contribution in [1.82, 2.24) is 0 Å². The van der Waals surface area contributed by atoms with Gasteiger partial charge < -0.3 is 4.74 Å². The highest BCUT2D eigenvalue weighted by Crippen LogP contribution is 2.40. The standard InChI is InChI=1S/C24H16F2O/c25-19-13-7-15-21(23(19)17-9-3-1-4-10-17)27-22-16-8-14-20(26)24(22)18-11-5-2-6-12-18/h1-16H. The molecule has 0 saturated heterocycles. The van der Waals surface area contributed by atoms with Gasteiger partial charge in [0.25, 0.3) is 0 Å². The number of hydrogen-bond acceptors (Lipinski definition) is 1. The van der Waals surface area contributed by atoms with E-state index in [0.717, 1.165) is 0 Å². The van der Waals surface area contributed by atoms with Crippen molar-refractivity contribution in [3.63, 3.8) is 0 Å². The van der Waals surface area contributed by atoms with E-state index in [1.54, 1.807) is 24.3 Å².